The van der Waals surface area contributed by atoms with Gasteiger partial charge in [0, 0.05) is 17.8 Å². The first-order chi connectivity index (χ1) is 10.8. The van der Waals surface area contributed by atoms with Gasteiger partial charge in [0.25, 0.3) is 0 Å². The lowest BCUT2D eigenvalue weighted by atomic mass is 10.1. The van der Waals surface area contributed by atoms with Gasteiger partial charge in [-0.2, -0.15) is 0 Å². The second-order valence-corrected chi connectivity index (χ2v) is 5.02. The monoisotopic (exact) mass is 288 g/mol. The number of aromatic nitrogens is 1. The summed E-state index contributed by atoms with van der Waals surface area (Å²) in [6.07, 6.45) is 5.68. The molecule has 1 N–H and O–H groups in total. The van der Waals surface area contributed by atoms with E-state index < -0.39 is 0 Å². The first-order valence-electron chi connectivity index (χ1n) is 7.16. The van der Waals surface area contributed by atoms with Crippen molar-refractivity contribution in [3.05, 3.63) is 84.2 Å². The fourth-order valence-corrected chi connectivity index (χ4v) is 2.24. The van der Waals surface area contributed by atoms with Gasteiger partial charge in [-0.1, -0.05) is 48.5 Å². The predicted molar refractivity (Wildman–Crippen MR) is 89.1 cm³/mol. The molecule has 0 saturated heterocycles. The number of hydrogen-bond donors (Lipinski definition) is 1. The van der Waals surface area contributed by atoms with E-state index in [1.54, 1.807) is 12.4 Å². The number of carbonyl (C=O) groups excluding carboxylic acids is 1. The van der Waals surface area contributed by atoms with Gasteiger partial charge in [0.15, 0.2) is 0 Å². The van der Waals surface area contributed by atoms with Crippen LogP contribution < -0.4 is 5.32 Å². The maximum atomic E-state index is 11.8. The van der Waals surface area contributed by atoms with Gasteiger partial charge in [0.05, 0.1) is 11.9 Å². The van der Waals surface area contributed by atoms with E-state index in [4.69, 9.17) is 0 Å². The number of benzene rings is 2. The Morgan fingerprint density at radius 1 is 1.05 bits per heavy atom. The van der Waals surface area contributed by atoms with E-state index in [1.165, 1.54) is 0 Å². The summed E-state index contributed by atoms with van der Waals surface area (Å²) >= 11 is 0. The molecule has 0 aliphatic rings. The van der Waals surface area contributed by atoms with Crippen molar-refractivity contribution in [1.82, 2.24) is 10.3 Å². The predicted octanol–water partition coefficient (Wildman–Crippen LogP) is 3.56. The fourth-order valence-electron chi connectivity index (χ4n) is 2.24. The van der Waals surface area contributed by atoms with Crippen molar-refractivity contribution in [3.63, 3.8) is 0 Å². The zero-order valence-electron chi connectivity index (χ0n) is 12.1. The Morgan fingerprint density at radius 2 is 1.82 bits per heavy atom. The van der Waals surface area contributed by atoms with Crippen molar-refractivity contribution in [2.24, 2.45) is 0 Å². The van der Waals surface area contributed by atoms with E-state index in [2.05, 4.69) is 10.3 Å². The highest BCUT2D eigenvalue weighted by Gasteiger charge is 2.00. The van der Waals surface area contributed by atoms with Crippen LogP contribution in [0.2, 0.25) is 0 Å². The summed E-state index contributed by atoms with van der Waals surface area (Å²) < 4.78 is 0. The molecule has 0 aliphatic heterocycles. The number of fused-ring (bicyclic) bond motifs is 1. The summed E-state index contributed by atoms with van der Waals surface area (Å²) in [6, 6.07) is 19.7. The van der Waals surface area contributed by atoms with Crippen molar-refractivity contribution in [1.29, 1.82) is 0 Å². The Kier molecular flexibility index (Phi) is 4.25. The first kappa shape index (κ1) is 14.0. The quantitative estimate of drug-likeness (QED) is 0.797. The molecular formula is C19H16N2O. The molecule has 0 atom stereocenters. The smallest absolute Gasteiger partial charge is 0.228 e. The number of pyridine rings is 1. The third-order valence-electron chi connectivity index (χ3n) is 3.34. The highest BCUT2D eigenvalue weighted by atomic mass is 16.1. The minimum atomic E-state index is -0.0313. The molecule has 0 fully saturated rings. The van der Waals surface area contributed by atoms with Crippen LogP contribution >= 0.6 is 0 Å². The van der Waals surface area contributed by atoms with Gasteiger partial charge < -0.3 is 5.32 Å². The third-order valence-corrected chi connectivity index (χ3v) is 3.34. The van der Waals surface area contributed by atoms with Crippen molar-refractivity contribution in [2.45, 2.75) is 6.42 Å². The zero-order chi connectivity index (χ0) is 15.2. The molecule has 108 valence electrons. The largest absolute Gasteiger partial charge is 0.332 e. The van der Waals surface area contributed by atoms with Crippen molar-refractivity contribution < 1.29 is 4.79 Å². The van der Waals surface area contributed by atoms with Gasteiger partial charge in [0.2, 0.25) is 5.91 Å². The van der Waals surface area contributed by atoms with E-state index >= 15 is 0 Å². The van der Waals surface area contributed by atoms with Crippen LogP contribution in [0.25, 0.3) is 17.0 Å². The van der Waals surface area contributed by atoms with Crippen LogP contribution in [0.5, 0.6) is 0 Å². The van der Waals surface area contributed by atoms with E-state index in [1.807, 2.05) is 66.7 Å². The summed E-state index contributed by atoms with van der Waals surface area (Å²) in [5, 5.41) is 3.86. The average molecular weight is 288 g/mol. The molecular weight excluding hydrogens is 272 g/mol. The van der Waals surface area contributed by atoms with E-state index in [0.717, 1.165) is 22.0 Å². The summed E-state index contributed by atoms with van der Waals surface area (Å²) in [6.45, 7) is 0. The second-order valence-electron chi connectivity index (χ2n) is 5.02. The number of nitrogens with one attached hydrogen (secondary N) is 1. The molecule has 0 aliphatic carbocycles. The molecule has 1 heterocycles. The lowest BCUT2D eigenvalue weighted by Gasteiger charge is -2.01. The van der Waals surface area contributed by atoms with E-state index in [-0.39, 0.29) is 5.91 Å². The normalized spacial score (nSPS) is 10.9. The van der Waals surface area contributed by atoms with Crippen LogP contribution in [0.1, 0.15) is 11.1 Å². The molecule has 0 saturated carbocycles. The second kappa shape index (κ2) is 6.68. The van der Waals surface area contributed by atoms with Crippen LogP contribution in [0.15, 0.2) is 73.1 Å². The van der Waals surface area contributed by atoms with Gasteiger partial charge in [-0.3, -0.25) is 9.78 Å². The van der Waals surface area contributed by atoms with Crippen LogP contribution in [0.3, 0.4) is 0 Å². The lowest BCUT2D eigenvalue weighted by Crippen LogP contribution is -2.19. The number of amides is 1. The highest BCUT2D eigenvalue weighted by molar-refractivity contribution is 5.82. The first-order valence-corrected chi connectivity index (χ1v) is 7.16. The molecule has 0 unspecified atom stereocenters. The van der Waals surface area contributed by atoms with Gasteiger partial charge in [-0.15, -0.1) is 0 Å². The summed E-state index contributed by atoms with van der Waals surface area (Å²) in [5.74, 6) is -0.0313. The van der Waals surface area contributed by atoms with Crippen molar-refractivity contribution >= 4 is 22.9 Å². The van der Waals surface area contributed by atoms with E-state index in [9.17, 15) is 4.79 Å². The minimum Gasteiger partial charge on any atom is -0.332 e. The van der Waals surface area contributed by atoms with Crippen molar-refractivity contribution in [2.75, 3.05) is 0 Å². The topological polar surface area (TPSA) is 42.0 Å². The molecule has 0 spiro atoms. The van der Waals surface area contributed by atoms with Gasteiger partial charge >= 0.3 is 0 Å². The molecule has 1 aromatic heterocycles. The Bertz CT molecular complexity index is 810. The third kappa shape index (κ3) is 3.58. The maximum absolute atomic E-state index is 11.8. The molecule has 2 aromatic carbocycles. The Balaban J connectivity index is 1.62. The molecule has 22 heavy (non-hydrogen) atoms. The summed E-state index contributed by atoms with van der Waals surface area (Å²) in [7, 11) is 0. The fraction of sp³-hybridized carbons (Fsp3) is 0.0526. The van der Waals surface area contributed by atoms with Crippen LogP contribution in [0.4, 0.5) is 0 Å². The van der Waals surface area contributed by atoms with Crippen LogP contribution in [0, 0.1) is 0 Å². The maximum Gasteiger partial charge on any atom is 0.228 e. The molecule has 3 aromatic rings. The average Bonchev–Trinajstić information content (AvgIpc) is 2.55. The number of carbonyl (C=O) groups is 1. The molecule has 3 rings (SSSR count). The lowest BCUT2D eigenvalue weighted by molar-refractivity contribution is -0.119. The SMILES string of the molecule is O=C(Cc1ccccc1)NC=Cc1cnc2ccccc2c1. The summed E-state index contributed by atoms with van der Waals surface area (Å²) in [4.78, 5) is 16.2. The van der Waals surface area contributed by atoms with Gasteiger partial charge in [0.1, 0.15) is 0 Å². The molecule has 3 heteroatoms. The van der Waals surface area contributed by atoms with Crippen LogP contribution in [-0.4, -0.2) is 10.9 Å². The minimum absolute atomic E-state index is 0.0313. The standard InChI is InChI=1S/C19H16N2O/c22-19(13-15-6-2-1-3-7-15)20-11-10-16-12-17-8-4-5-9-18(17)21-14-16/h1-12,14H,13H2,(H,20,22). The molecule has 1 amide bonds. The molecule has 0 bridgehead atoms. The number of nitrogens with zero attached hydrogens (tertiary/aromatic N) is 1. The Labute approximate surface area is 129 Å². The Morgan fingerprint density at radius 3 is 2.68 bits per heavy atom. The van der Waals surface area contributed by atoms with E-state index in [0.29, 0.717) is 6.42 Å². The number of para-hydroxylation sites is 1. The number of rotatable bonds is 4. The molecule has 0 radical (unpaired) electrons. The van der Waals surface area contributed by atoms with Gasteiger partial charge in [-0.25, -0.2) is 0 Å². The van der Waals surface area contributed by atoms with Gasteiger partial charge in [-0.05, 0) is 29.3 Å². The van der Waals surface area contributed by atoms with Crippen LogP contribution in [-0.2, 0) is 11.2 Å². The van der Waals surface area contributed by atoms with Crippen molar-refractivity contribution in [3.8, 4) is 0 Å². The Hall–Kier alpha value is -2.94. The highest BCUT2D eigenvalue weighted by Crippen LogP contribution is 2.13. The summed E-state index contributed by atoms with van der Waals surface area (Å²) in [5.41, 5.74) is 2.92. The zero-order valence-corrected chi connectivity index (χ0v) is 12.1. The molecule has 3 nitrogen and oxygen atoms in total. The number of hydrogen-bond acceptors (Lipinski definition) is 2.